The van der Waals surface area contributed by atoms with Gasteiger partial charge in [-0.25, -0.2) is 0 Å². The van der Waals surface area contributed by atoms with Crippen LogP contribution in [0.15, 0.2) is 24.3 Å². The largest absolute Gasteiger partial charge is 0.477 e. The molecule has 0 aliphatic heterocycles. The van der Waals surface area contributed by atoms with Crippen molar-refractivity contribution in [3.8, 4) is 5.75 Å². The molecule has 0 saturated heterocycles. The second kappa shape index (κ2) is 8.91. The summed E-state index contributed by atoms with van der Waals surface area (Å²) in [5.41, 5.74) is -0.169. The summed E-state index contributed by atoms with van der Waals surface area (Å²) in [6.07, 6.45) is 1.48. The molecule has 0 aromatic heterocycles. The number of nitro groups is 1. The monoisotopic (exact) mass is 296 g/mol. The molecule has 0 bridgehead atoms. The predicted octanol–water partition coefficient (Wildman–Crippen LogP) is 1.50. The molecule has 7 nitrogen and oxygen atoms in total. The molecule has 1 atom stereocenters. The lowest BCUT2D eigenvalue weighted by Crippen LogP contribution is -2.33. The van der Waals surface area contributed by atoms with Crippen molar-refractivity contribution >= 4 is 11.6 Å². The summed E-state index contributed by atoms with van der Waals surface area (Å²) in [4.78, 5) is 21.9. The minimum Gasteiger partial charge on any atom is -0.477 e. The summed E-state index contributed by atoms with van der Waals surface area (Å²) in [6, 6.07) is 5.91. The highest BCUT2D eigenvalue weighted by atomic mass is 16.6. The first kappa shape index (κ1) is 16.9. The summed E-state index contributed by atoms with van der Waals surface area (Å²) in [6.45, 7) is 2.24. The van der Waals surface area contributed by atoms with E-state index in [4.69, 9.17) is 9.84 Å². The van der Waals surface area contributed by atoms with E-state index in [9.17, 15) is 14.9 Å². The van der Waals surface area contributed by atoms with Crippen LogP contribution in [-0.4, -0.2) is 35.7 Å². The average molecular weight is 296 g/mol. The highest BCUT2D eigenvalue weighted by Gasteiger charge is 2.15. The first-order valence-corrected chi connectivity index (χ1v) is 6.82. The highest BCUT2D eigenvalue weighted by Crippen LogP contribution is 2.25. The van der Waals surface area contributed by atoms with Crippen molar-refractivity contribution in [3.63, 3.8) is 0 Å². The lowest BCUT2D eigenvalue weighted by Gasteiger charge is -2.14. The molecule has 1 unspecified atom stereocenters. The topological polar surface area (TPSA) is 102 Å². The molecular formula is C14H20N2O5. The fourth-order valence-corrected chi connectivity index (χ4v) is 1.82. The van der Waals surface area contributed by atoms with Crippen LogP contribution in [0, 0.1) is 16.0 Å². The third-order valence-corrected chi connectivity index (χ3v) is 3.12. The quantitative estimate of drug-likeness (QED) is 0.531. The van der Waals surface area contributed by atoms with Crippen LogP contribution in [-0.2, 0) is 4.79 Å². The van der Waals surface area contributed by atoms with Crippen molar-refractivity contribution in [1.29, 1.82) is 0 Å². The van der Waals surface area contributed by atoms with Gasteiger partial charge in [-0.05, 0) is 18.4 Å². The van der Waals surface area contributed by atoms with Crippen molar-refractivity contribution in [1.82, 2.24) is 5.32 Å². The van der Waals surface area contributed by atoms with E-state index in [2.05, 4.69) is 5.32 Å². The van der Waals surface area contributed by atoms with E-state index in [1.807, 2.05) is 6.92 Å². The minimum absolute atomic E-state index is 0.0695. The van der Waals surface area contributed by atoms with E-state index in [0.717, 1.165) is 6.42 Å². The zero-order valence-corrected chi connectivity index (χ0v) is 11.9. The van der Waals surface area contributed by atoms with Crippen molar-refractivity contribution in [2.45, 2.75) is 19.8 Å². The molecule has 0 aliphatic carbocycles. The number of carbonyl (C=O) groups excluding carboxylic acids is 1. The van der Waals surface area contributed by atoms with Crippen LogP contribution in [0.25, 0.3) is 0 Å². The predicted molar refractivity (Wildman–Crippen MR) is 77.1 cm³/mol. The van der Waals surface area contributed by atoms with E-state index in [0.29, 0.717) is 13.0 Å². The molecule has 1 aromatic carbocycles. The van der Waals surface area contributed by atoms with Gasteiger partial charge in [0.1, 0.15) is 0 Å². The molecule has 0 fully saturated rings. The van der Waals surface area contributed by atoms with Crippen LogP contribution in [0.5, 0.6) is 5.75 Å². The number of nitrogens with one attached hydrogen (secondary N) is 1. The second-order valence-electron chi connectivity index (χ2n) is 4.60. The highest BCUT2D eigenvalue weighted by molar-refractivity contribution is 5.77. The number of hydrogen-bond acceptors (Lipinski definition) is 5. The second-order valence-corrected chi connectivity index (χ2v) is 4.60. The van der Waals surface area contributed by atoms with Crippen molar-refractivity contribution < 1.29 is 19.6 Å². The molecule has 0 radical (unpaired) electrons. The van der Waals surface area contributed by atoms with Gasteiger partial charge in [0.25, 0.3) is 5.91 Å². The van der Waals surface area contributed by atoms with Crippen LogP contribution in [0.2, 0.25) is 0 Å². The fourth-order valence-electron chi connectivity index (χ4n) is 1.82. The molecule has 0 heterocycles. The lowest BCUT2D eigenvalue weighted by molar-refractivity contribution is -0.385. The molecule has 1 amide bonds. The molecule has 1 aromatic rings. The van der Waals surface area contributed by atoms with Crippen LogP contribution >= 0.6 is 0 Å². The molecular weight excluding hydrogens is 276 g/mol. The Balaban J connectivity index is 2.45. The van der Waals surface area contributed by atoms with Crippen molar-refractivity contribution in [2.24, 2.45) is 5.92 Å². The third kappa shape index (κ3) is 5.78. The molecule has 0 aliphatic rings. The van der Waals surface area contributed by atoms with Crippen molar-refractivity contribution in [2.75, 3.05) is 19.8 Å². The van der Waals surface area contributed by atoms with E-state index < -0.39 is 4.92 Å². The van der Waals surface area contributed by atoms with Crippen LogP contribution in [0.4, 0.5) is 5.69 Å². The summed E-state index contributed by atoms with van der Waals surface area (Å²) < 4.78 is 5.18. The van der Waals surface area contributed by atoms with Crippen LogP contribution in [0.3, 0.4) is 0 Å². The SMILES string of the molecule is CCC(CCO)CNC(=O)COc1ccccc1[N+](=O)[O-]. The van der Waals surface area contributed by atoms with Gasteiger partial charge in [-0.1, -0.05) is 25.5 Å². The summed E-state index contributed by atoms with van der Waals surface area (Å²) in [7, 11) is 0. The Morgan fingerprint density at radius 1 is 1.48 bits per heavy atom. The van der Waals surface area contributed by atoms with E-state index in [-0.39, 0.29) is 36.5 Å². The molecule has 116 valence electrons. The molecule has 1 rings (SSSR count). The Hall–Kier alpha value is -2.15. The number of ether oxygens (including phenoxy) is 1. The number of aliphatic hydroxyl groups is 1. The maximum absolute atomic E-state index is 11.7. The smallest absolute Gasteiger partial charge is 0.310 e. The van der Waals surface area contributed by atoms with Gasteiger partial charge >= 0.3 is 5.69 Å². The summed E-state index contributed by atoms with van der Waals surface area (Å²) >= 11 is 0. The number of amides is 1. The normalized spacial score (nSPS) is 11.7. The Bertz CT molecular complexity index is 478. The molecule has 0 saturated carbocycles. The van der Waals surface area contributed by atoms with Gasteiger partial charge in [0.2, 0.25) is 0 Å². The first-order valence-electron chi connectivity index (χ1n) is 6.82. The molecule has 7 heteroatoms. The zero-order valence-electron chi connectivity index (χ0n) is 11.9. The lowest BCUT2D eigenvalue weighted by atomic mass is 10.0. The van der Waals surface area contributed by atoms with Gasteiger partial charge in [0, 0.05) is 19.2 Å². The Morgan fingerprint density at radius 2 is 2.19 bits per heavy atom. The number of benzene rings is 1. The summed E-state index contributed by atoms with van der Waals surface area (Å²) in [5, 5.41) is 22.4. The minimum atomic E-state index is -0.554. The number of nitrogens with zero attached hydrogens (tertiary/aromatic N) is 1. The molecule has 2 N–H and O–H groups in total. The van der Waals surface area contributed by atoms with Gasteiger partial charge < -0.3 is 15.2 Å². The number of carbonyl (C=O) groups is 1. The Morgan fingerprint density at radius 3 is 2.81 bits per heavy atom. The zero-order chi connectivity index (χ0) is 15.7. The van der Waals surface area contributed by atoms with Gasteiger partial charge in [-0.3, -0.25) is 14.9 Å². The van der Waals surface area contributed by atoms with Crippen LogP contribution in [0.1, 0.15) is 19.8 Å². The Kier molecular flexibility index (Phi) is 7.17. The standard InChI is InChI=1S/C14H20N2O5/c1-2-11(7-8-17)9-15-14(18)10-21-13-6-4-3-5-12(13)16(19)20/h3-6,11,17H,2,7-10H2,1H3,(H,15,18). The number of nitro benzene ring substituents is 1. The number of aliphatic hydroxyl groups excluding tert-OH is 1. The number of rotatable bonds is 9. The first-order chi connectivity index (χ1) is 10.1. The number of para-hydroxylation sites is 2. The third-order valence-electron chi connectivity index (χ3n) is 3.12. The molecule has 21 heavy (non-hydrogen) atoms. The van der Waals surface area contributed by atoms with Crippen molar-refractivity contribution in [3.05, 3.63) is 34.4 Å². The summed E-state index contributed by atoms with van der Waals surface area (Å²) in [5.74, 6) is -0.0606. The maximum atomic E-state index is 11.7. The fraction of sp³-hybridized carbons (Fsp3) is 0.500. The number of hydrogen-bond donors (Lipinski definition) is 2. The van der Waals surface area contributed by atoms with E-state index in [1.54, 1.807) is 6.07 Å². The van der Waals surface area contributed by atoms with Gasteiger partial charge in [-0.15, -0.1) is 0 Å². The van der Waals surface area contributed by atoms with E-state index >= 15 is 0 Å². The molecule has 0 spiro atoms. The Labute approximate surface area is 123 Å². The average Bonchev–Trinajstić information content (AvgIpc) is 2.49. The van der Waals surface area contributed by atoms with Gasteiger partial charge in [0.15, 0.2) is 12.4 Å². The van der Waals surface area contributed by atoms with Gasteiger partial charge in [-0.2, -0.15) is 0 Å². The maximum Gasteiger partial charge on any atom is 0.310 e. The van der Waals surface area contributed by atoms with Gasteiger partial charge in [0.05, 0.1) is 4.92 Å². The van der Waals surface area contributed by atoms with E-state index in [1.165, 1.54) is 18.2 Å². The van der Waals surface area contributed by atoms with Crippen LogP contribution < -0.4 is 10.1 Å².